The Hall–Kier alpha value is -3.21. The van der Waals surface area contributed by atoms with E-state index in [-0.39, 0.29) is 11.7 Å². The number of pyridine rings is 1. The molecule has 1 heterocycles. The SMILES string of the molecule is O=C(NCCc1ccc(F)cc1)c1cc(NCCCc2ccccc2)ccn1. The van der Waals surface area contributed by atoms with Gasteiger partial charge in [0.25, 0.3) is 5.91 Å². The first-order chi connectivity index (χ1) is 13.7. The summed E-state index contributed by atoms with van der Waals surface area (Å²) in [7, 11) is 0. The third-order valence-electron chi connectivity index (χ3n) is 4.42. The topological polar surface area (TPSA) is 54.0 Å². The third-order valence-corrected chi connectivity index (χ3v) is 4.42. The fourth-order valence-electron chi connectivity index (χ4n) is 2.90. The van der Waals surface area contributed by atoms with Crippen LogP contribution in [0.15, 0.2) is 72.9 Å². The molecule has 1 aromatic heterocycles. The second-order valence-electron chi connectivity index (χ2n) is 6.58. The summed E-state index contributed by atoms with van der Waals surface area (Å²) < 4.78 is 12.9. The number of hydrogen-bond donors (Lipinski definition) is 2. The molecule has 5 heteroatoms. The molecule has 0 saturated carbocycles. The summed E-state index contributed by atoms with van der Waals surface area (Å²) >= 11 is 0. The molecule has 0 aliphatic heterocycles. The van der Waals surface area contributed by atoms with E-state index in [1.807, 2.05) is 24.3 Å². The minimum Gasteiger partial charge on any atom is -0.385 e. The predicted octanol–water partition coefficient (Wildman–Crippen LogP) is 4.24. The summed E-state index contributed by atoms with van der Waals surface area (Å²) in [6.45, 7) is 1.30. The lowest BCUT2D eigenvalue weighted by Gasteiger charge is -2.09. The molecular weight excluding hydrogens is 353 g/mol. The van der Waals surface area contributed by atoms with Gasteiger partial charge in [-0.15, -0.1) is 0 Å². The number of benzene rings is 2. The molecule has 0 aliphatic carbocycles. The monoisotopic (exact) mass is 377 g/mol. The molecule has 4 nitrogen and oxygen atoms in total. The lowest BCUT2D eigenvalue weighted by molar-refractivity contribution is 0.0949. The highest BCUT2D eigenvalue weighted by Crippen LogP contribution is 2.09. The van der Waals surface area contributed by atoms with E-state index in [1.165, 1.54) is 17.7 Å². The van der Waals surface area contributed by atoms with Crippen LogP contribution < -0.4 is 10.6 Å². The number of halogens is 1. The Kier molecular flexibility index (Phi) is 7.13. The standard InChI is InChI=1S/C23H24FN3O/c24-20-10-8-19(9-11-20)12-15-27-23(28)22-17-21(13-16-26-22)25-14-4-7-18-5-2-1-3-6-18/h1-3,5-6,8-11,13,16-17H,4,7,12,14-15H2,(H,25,26)(H,27,28). The Labute approximate surface area is 164 Å². The maximum absolute atomic E-state index is 12.9. The lowest BCUT2D eigenvalue weighted by atomic mass is 10.1. The van der Waals surface area contributed by atoms with Gasteiger partial charge in [-0.05, 0) is 54.7 Å². The number of rotatable bonds is 9. The van der Waals surface area contributed by atoms with E-state index in [2.05, 4.69) is 27.8 Å². The summed E-state index contributed by atoms with van der Waals surface area (Å²) in [5, 5.41) is 6.20. The number of amides is 1. The van der Waals surface area contributed by atoms with Crippen molar-refractivity contribution in [2.24, 2.45) is 0 Å². The van der Waals surface area contributed by atoms with E-state index in [0.717, 1.165) is 30.6 Å². The summed E-state index contributed by atoms with van der Waals surface area (Å²) in [4.78, 5) is 16.4. The molecule has 0 saturated heterocycles. The highest BCUT2D eigenvalue weighted by atomic mass is 19.1. The molecule has 3 aromatic rings. The molecule has 0 atom stereocenters. The molecule has 0 aliphatic rings. The van der Waals surface area contributed by atoms with E-state index in [4.69, 9.17) is 0 Å². The summed E-state index contributed by atoms with van der Waals surface area (Å²) in [6, 6.07) is 20.3. The second-order valence-corrected chi connectivity index (χ2v) is 6.58. The van der Waals surface area contributed by atoms with Crippen molar-refractivity contribution in [3.8, 4) is 0 Å². The van der Waals surface area contributed by atoms with Gasteiger partial charge in [0.05, 0.1) is 0 Å². The van der Waals surface area contributed by atoms with Crippen LogP contribution in [-0.2, 0) is 12.8 Å². The smallest absolute Gasteiger partial charge is 0.269 e. The van der Waals surface area contributed by atoms with E-state index < -0.39 is 0 Å². The Morgan fingerprint density at radius 3 is 2.43 bits per heavy atom. The molecule has 0 spiro atoms. The van der Waals surface area contributed by atoms with Crippen molar-refractivity contribution in [1.82, 2.24) is 10.3 Å². The van der Waals surface area contributed by atoms with Crippen molar-refractivity contribution >= 4 is 11.6 Å². The van der Waals surface area contributed by atoms with E-state index in [9.17, 15) is 9.18 Å². The number of hydrogen-bond acceptors (Lipinski definition) is 3. The van der Waals surface area contributed by atoms with Crippen LogP contribution in [0.2, 0.25) is 0 Å². The summed E-state index contributed by atoms with van der Waals surface area (Å²) in [6.07, 6.45) is 4.29. The van der Waals surface area contributed by atoms with Crippen LogP contribution in [0, 0.1) is 5.82 Å². The quantitative estimate of drug-likeness (QED) is 0.549. The van der Waals surface area contributed by atoms with Crippen LogP contribution >= 0.6 is 0 Å². The number of aromatic nitrogens is 1. The Balaban J connectivity index is 1.42. The molecule has 2 aromatic carbocycles. The molecule has 0 unspecified atom stereocenters. The molecule has 1 amide bonds. The van der Waals surface area contributed by atoms with E-state index in [0.29, 0.717) is 18.7 Å². The van der Waals surface area contributed by atoms with Crippen LogP contribution in [-0.4, -0.2) is 24.0 Å². The molecule has 28 heavy (non-hydrogen) atoms. The first-order valence-corrected chi connectivity index (χ1v) is 9.47. The summed E-state index contributed by atoms with van der Waals surface area (Å²) in [5.74, 6) is -0.472. The van der Waals surface area contributed by atoms with Gasteiger partial charge in [0.1, 0.15) is 11.5 Å². The number of aryl methyl sites for hydroxylation is 1. The van der Waals surface area contributed by atoms with Crippen LogP contribution in [0.3, 0.4) is 0 Å². The number of carbonyl (C=O) groups is 1. The number of anilines is 1. The first-order valence-electron chi connectivity index (χ1n) is 9.47. The van der Waals surface area contributed by atoms with Gasteiger partial charge in [-0.1, -0.05) is 42.5 Å². The number of carbonyl (C=O) groups excluding carboxylic acids is 1. The van der Waals surface area contributed by atoms with Crippen molar-refractivity contribution in [2.75, 3.05) is 18.4 Å². The van der Waals surface area contributed by atoms with Crippen LogP contribution in [0.25, 0.3) is 0 Å². The normalized spacial score (nSPS) is 10.5. The predicted molar refractivity (Wildman–Crippen MR) is 110 cm³/mol. The maximum atomic E-state index is 12.9. The van der Waals surface area contributed by atoms with Crippen molar-refractivity contribution in [1.29, 1.82) is 0 Å². The van der Waals surface area contributed by atoms with Gasteiger partial charge >= 0.3 is 0 Å². The van der Waals surface area contributed by atoms with Gasteiger partial charge in [-0.25, -0.2) is 4.39 Å². The Bertz CT molecular complexity index is 882. The van der Waals surface area contributed by atoms with Gasteiger partial charge < -0.3 is 10.6 Å². The van der Waals surface area contributed by atoms with Crippen molar-refractivity contribution in [2.45, 2.75) is 19.3 Å². The van der Waals surface area contributed by atoms with E-state index >= 15 is 0 Å². The van der Waals surface area contributed by atoms with Crippen molar-refractivity contribution in [3.63, 3.8) is 0 Å². The second kappa shape index (κ2) is 10.2. The average molecular weight is 377 g/mol. The highest BCUT2D eigenvalue weighted by Gasteiger charge is 2.07. The molecular formula is C23H24FN3O. The van der Waals surface area contributed by atoms with E-state index in [1.54, 1.807) is 24.4 Å². The maximum Gasteiger partial charge on any atom is 0.269 e. The number of nitrogens with one attached hydrogen (secondary N) is 2. The van der Waals surface area contributed by atoms with Gasteiger partial charge in [-0.2, -0.15) is 0 Å². The number of nitrogens with zero attached hydrogens (tertiary/aromatic N) is 1. The minimum atomic E-state index is -0.259. The van der Waals surface area contributed by atoms with Crippen molar-refractivity contribution < 1.29 is 9.18 Å². The largest absolute Gasteiger partial charge is 0.385 e. The average Bonchev–Trinajstić information content (AvgIpc) is 2.73. The third kappa shape index (κ3) is 6.20. The van der Waals surface area contributed by atoms with Crippen LogP contribution in [0.5, 0.6) is 0 Å². The van der Waals surface area contributed by atoms with Gasteiger partial charge in [-0.3, -0.25) is 9.78 Å². The molecule has 0 radical (unpaired) electrons. The Morgan fingerprint density at radius 2 is 1.64 bits per heavy atom. The van der Waals surface area contributed by atoms with Gasteiger partial charge in [0.2, 0.25) is 0 Å². The van der Waals surface area contributed by atoms with Gasteiger partial charge in [0, 0.05) is 25.0 Å². The molecule has 144 valence electrons. The molecule has 0 fully saturated rings. The minimum absolute atomic E-state index is 0.213. The zero-order valence-corrected chi connectivity index (χ0v) is 15.7. The Morgan fingerprint density at radius 1 is 0.893 bits per heavy atom. The molecule has 0 bridgehead atoms. The fraction of sp³-hybridized carbons (Fsp3) is 0.217. The lowest BCUT2D eigenvalue weighted by Crippen LogP contribution is -2.26. The van der Waals surface area contributed by atoms with Crippen LogP contribution in [0.1, 0.15) is 28.0 Å². The zero-order valence-electron chi connectivity index (χ0n) is 15.7. The molecule has 3 rings (SSSR count). The highest BCUT2D eigenvalue weighted by molar-refractivity contribution is 5.93. The summed E-state index contributed by atoms with van der Waals surface area (Å²) in [5.41, 5.74) is 3.56. The zero-order chi connectivity index (χ0) is 19.6. The van der Waals surface area contributed by atoms with Crippen LogP contribution in [0.4, 0.5) is 10.1 Å². The fourth-order valence-corrected chi connectivity index (χ4v) is 2.90. The van der Waals surface area contributed by atoms with Crippen molar-refractivity contribution in [3.05, 3.63) is 95.6 Å². The molecule has 2 N–H and O–H groups in total. The first kappa shape index (κ1) is 19.5. The van der Waals surface area contributed by atoms with Gasteiger partial charge in [0.15, 0.2) is 0 Å².